The fourth-order valence-corrected chi connectivity index (χ4v) is 5.69. The summed E-state index contributed by atoms with van der Waals surface area (Å²) >= 11 is 1.37. The minimum absolute atomic E-state index is 0.0261. The molecular formula is C24H30N7O2S+. The molecule has 1 N–H and O–H groups in total. The predicted molar refractivity (Wildman–Crippen MR) is 134 cm³/mol. The van der Waals surface area contributed by atoms with Crippen molar-refractivity contribution in [3.05, 3.63) is 57.6 Å². The molecule has 2 bridgehead atoms. The van der Waals surface area contributed by atoms with Gasteiger partial charge in [-0.2, -0.15) is 0 Å². The quantitative estimate of drug-likeness (QED) is 0.218. The Morgan fingerprint density at radius 1 is 1.18 bits per heavy atom. The molecule has 0 spiro atoms. The van der Waals surface area contributed by atoms with Gasteiger partial charge in [0.2, 0.25) is 5.13 Å². The lowest BCUT2D eigenvalue weighted by atomic mass is 10.0. The lowest BCUT2D eigenvalue weighted by Gasteiger charge is -2.50. The molecule has 0 amide bonds. The zero-order chi connectivity index (χ0) is 23.7. The van der Waals surface area contributed by atoms with Gasteiger partial charge in [0.05, 0.1) is 47.0 Å². The summed E-state index contributed by atoms with van der Waals surface area (Å²) in [5.41, 5.74) is 3.69. The van der Waals surface area contributed by atoms with Crippen molar-refractivity contribution < 1.29 is 9.41 Å². The zero-order valence-corrected chi connectivity index (χ0v) is 20.4. The molecule has 10 heteroatoms. The van der Waals surface area contributed by atoms with Gasteiger partial charge in [0.25, 0.3) is 5.69 Å². The number of thiazole rings is 1. The monoisotopic (exact) mass is 480 g/mol. The number of nitro groups is 1. The number of non-ortho nitro benzene ring substituents is 1. The predicted octanol–water partition coefficient (Wildman–Crippen LogP) is 4.72. The molecule has 3 aromatic rings. The van der Waals surface area contributed by atoms with Crippen LogP contribution < -0.4 is 5.32 Å². The van der Waals surface area contributed by atoms with Crippen LogP contribution in [0.5, 0.6) is 0 Å². The molecule has 0 aliphatic carbocycles. The summed E-state index contributed by atoms with van der Waals surface area (Å²) < 4.78 is 2.12. The van der Waals surface area contributed by atoms with Crippen LogP contribution in [0.1, 0.15) is 24.1 Å². The number of rotatable bonds is 8. The van der Waals surface area contributed by atoms with Crippen LogP contribution in [0.4, 0.5) is 16.5 Å². The van der Waals surface area contributed by atoms with E-state index in [1.54, 1.807) is 6.07 Å². The number of fused-ring (bicyclic) bond motifs is 4. The van der Waals surface area contributed by atoms with E-state index < -0.39 is 4.92 Å². The van der Waals surface area contributed by atoms with Gasteiger partial charge in [0.1, 0.15) is 0 Å². The molecule has 3 aliphatic heterocycles. The summed E-state index contributed by atoms with van der Waals surface area (Å²) in [7, 11) is 0. The third-order valence-corrected chi connectivity index (χ3v) is 8.16. The minimum atomic E-state index is -0.419. The van der Waals surface area contributed by atoms with E-state index in [4.69, 9.17) is 0 Å². The highest BCUT2D eigenvalue weighted by atomic mass is 32.1. The molecule has 3 fully saturated rings. The van der Waals surface area contributed by atoms with Gasteiger partial charge in [0.15, 0.2) is 0 Å². The van der Waals surface area contributed by atoms with E-state index in [9.17, 15) is 10.1 Å². The molecule has 0 radical (unpaired) electrons. The van der Waals surface area contributed by atoms with Crippen molar-refractivity contribution in [1.29, 1.82) is 0 Å². The molecule has 0 saturated carbocycles. The summed E-state index contributed by atoms with van der Waals surface area (Å²) in [4.78, 5) is 17.5. The van der Waals surface area contributed by atoms with Crippen LogP contribution in [-0.4, -0.2) is 71.6 Å². The summed E-state index contributed by atoms with van der Waals surface area (Å²) in [5, 5.41) is 23.8. The summed E-state index contributed by atoms with van der Waals surface area (Å²) in [5.74, 6) is 0. The maximum atomic E-state index is 11.0. The molecular weight excluding hydrogens is 450 g/mol. The topological polar surface area (TPSA) is 96.0 Å². The second-order valence-electron chi connectivity index (χ2n) is 9.41. The SMILES string of the molecule is Cc1cc(C(C)NCC[N+]23CCN(CC2)CC3)ccc1N=Nc1nc2cc([N+](=O)[O-])ccc2s1. The van der Waals surface area contributed by atoms with E-state index in [0.717, 1.165) is 22.5 Å². The summed E-state index contributed by atoms with van der Waals surface area (Å²) in [6, 6.07) is 11.2. The number of quaternary nitrogens is 1. The standard InChI is InChI=1S/C24H30N7O2S/c1-17-15-19(18(2)25-7-11-31-12-8-29(9-13-31)10-14-31)3-5-21(17)27-28-24-26-22-16-20(30(32)33)4-6-23(22)34-24/h3-6,15-16,18,25H,7-14H2,1-2H3/q+1. The first-order valence-corrected chi connectivity index (χ1v) is 12.6. The highest BCUT2D eigenvalue weighted by Gasteiger charge is 2.37. The molecule has 34 heavy (non-hydrogen) atoms. The minimum Gasteiger partial charge on any atom is -0.319 e. The molecule has 9 nitrogen and oxygen atoms in total. The number of nitrogens with zero attached hydrogens (tertiary/aromatic N) is 6. The Bertz CT molecular complexity index is 1220. The zero-order valence-electron chi connectivity index (χ0n) is 19.6. The highest BCUT2D eigenvalue weighted by molar-refractivity contribution is 7.21. The van der Waals surface area contributed by atoms with Crippen LogP contribution in [0.25, 0.3) is 10.2 Å². The van der Waals surface area contributed by atoms with Gasteiger partial charge in [-0.25, -0.2) is 4.98 Å². The van der Waals surface area contributed by atoms with E-state index in [1.807, 2.05) is 13.0 Å². The number of hydrogen-bond donors (Lipinski definition) is 1. The largest absolute Gasteiger partial charge is 0.319 e. The Kier molecular flexibility index (Phi) is 6.39. The van der Waals surface area contributed by atoms with Crippen molar-refractivity contribution in [1.82, 2.24) is 15.2 Å². The fraction of sp³-hybridized carbons (Fsp3) is 0.458. The van der Waals surface area contributed by atoms with Crippen molar-refractivity contribution in [2.24, 2.45) is 10.2 Å². The lowest BCUT2D eigenvalue weighted by Crippen LogP contribution is -2.68. The Labute approximate surface area is 202 Å². The maximum Gasteiger partial charge on any atom is 0.271 e. The number of piperazine rings is 3. The van der Waals surface area contributed by atoms with Gasteiger partial charge >= 0.3 is 0 Å². The number of nitrogens with one attached hydrogen (secondary N) is 1. The van der Waals surface area contributed by atoms with Crippen LogP contribution in [0.2, 0.25) is 0 Å². The van der Waals surface area contributed by atoms with Crippen LogP contribution in [-0.2, 0) is 0 Å². The van der Waals surface area contributed by atoms with Crippen molar-refractivity contribution in [3.63, 3.8) is 0 Å². The Morgan fingerprint density at radius 2 is 1.94 bits per heavy atom. The van der Waals surface area contributed by atoms with Gasteiger partial charge in [-0.05, 0) is 37.1 Å². The Morgan fingerprint density at radius 3 is 2.65 bits per heavy atom. The van der Waals surface area contributed by atoms with E-state index in [2.05, 4.69) is 44.5 Å². The van der Waals surface area contributed by atoms with Crippen molar-refractivity contribution in [3.8, 4) is 0 Å². The summed E-state index contributed by atoms with van der Waals surface area (Å²) in [6.07, 6.45) is 0. The molecule has 4 heterocycles. The van der Waals surface area contributed by atoms with Crippen LogP contribution in [0.3, 0.4) is 0 Å². The van der Waals surface area contributed by atoms with Crippen LogP contribution in [0, 0.1) is 17.0 Å². The second kappa shape index (κ2) is 9.46. The average Bonchev–Trinajstić information content (AvgIpc) is 3.26. The molecule has 1 unspecified atom stereocenters. The molecule has 2 aromatic carbocycles. The number of azo groups is 1. The highest BCUT2D eigenvalue weighted by Crippen LogP contribution is 2.32. The molecule has 3 saturated heterocycles. The third-order valence-electron chi connectivity index (χ3n) is 7.24. The first-order chi connectivity index (χ1) is 16.4. The van der Waals surface area contributed by atoms with Gasteiger partial charge in [0, 0.05) is 44.4 Å². The van der Waals surface area contributed by atoms with E-state index in [0.29, 0.717) is 10.6 Å². The molecule has 3 aliphatic rings. The normalized spacial score (nSPS) is 23.1. The fourth-order valence-electron chi connectivity index (χ4n) is 4.92. The average molecular weight is 481 g/mol. The van der Waals surface area contributed by atoms with Gasteiger partial charge in [-0.1, -0.05) is 23.5 Å². The Balaban J connectivity index is 1.20. The van der Waals surface area contributed by atoms with Crippen LogP contribution >= 0.6 is 11.3 Å². The van der Waals surface area contributed by atoms with Gasteiger partial charge < -0.3 is 9.80 Å². The van der Waals surface area contributed by atoms with E-state index in [1.165, 1.54) is 79.3 Å². The van der Waals surface area contributed by atoms with E-state index >= 15 is 0 Å². The number of aryl methyl sites for hydroxylation is 1. The smallest absolute Gasteiger partial charge is 0.271 e. The number of benzene rings is 2. The van der Waals surface area contributed by atoms with Crippen molar-refractivity contribution in [2.75, 3.05) is 52.4 Å². The van der Waals surface area contributed by atoms with Gasteiger partial charge in [-0.3, -0.25) is 15.0 Å². The van der Waals surface area contributed by atoms with Crippen molar-refractivity contribution in [2.45, 2.75) is 19.9 Å². The van der Waals surface area contributed by atoms with Gasteiger partial charge in [-0.15, -0.1) is 10.2 Å². The van der Waals surface area contributed by atoms with Crippen LogP contribution in [0.15, 0.2) is 46.6 Å². The number of hydrogen-bond acceptors (Lipinski definition) is 8. The van der Waals surface area contributed by atoms with Crippen molar-refractivity contribution >= 4 is 38.1 Å². The third kappa shape index (κ3) is 4.85. The lowest BCUT2D eigenvalue weighted by molar-refractivity contribution is -0.939. The first-order valence-electron chi connectivity index (χ1n) is 11.8. The molecule has 1 atom stereocenters. The maximum absolute atomic E-state index is 11.0. The number of nitro benzene ring substituents is 1. The first kappa shape index (κ1) is 23.0. The molecule has 6 rings (SSSR count). The number of aromatic nitrogens is 1. The summed E-state index contributed by atoms with van der Waals surface area (Å²) in [6.45, 7) is 14.1. The Hall–Kier alpha value is -2.79. The second-order valence-corrected chi connectivity index (χ2v) is 10.4. The molecule has 1 aromatic heterocycles. The van der Waals surface area contributed by atoms with E-state index in [-0.39, 0.29) is 11.7 Å². The molecule has 178 valence electrons.